The predicted octanol–water partition coefficient (Wildman–Crippen LogP) is 2.74. The summed E-state index contributed by atoms with van der Waals surface area (Å²) < 4.78 is 0. The molecule has 1 aliphatic rings. The van der Waals surface area contributed by atoms with Gasteiger partial charge < -0.3 is 10.1 Å². The van der Waals surface area contributed by atoms with E-state index in [1.807, 2.05) is 32.8 Å². The second-order valence-electron chi connectivity index (χ2n) is 3.20. The van der Waals surface area contributed by atoms with Crippen molar-refractivity contribution in [2.45, 2.75) is 19.8 Å². The van der Waals surface area contributed by atoms with Crippen molar-refractivity contribution >= 4 is 18.4 Å². The van der Waals surface area contributed by atoms with Gasteiger partial charge in [-0.3, -0.25) is 0 Å². The molecule has 1 saturated heterocycles. The van der Waals surface area contributed by atoms with Crippen molar-refractivity contribution in [2.75, 3.05) is 13.1 Å². The first-order valence-corrected chi connectivity index (χ1v) is 5.88. The Morgan fingerprint density at radius 1 is 1.41 bits per heavy atom. The van der Waals surface area contributed by atoms with Crippen LogP contribution in [0.4, 0.5) is 0 Å². The molecule has 0 radical (unpaired) electrons. The average Bonchev–Trinajstić information content (AvgIpc) is 2.34. The fourth-order valence-electron chi connectivity index (χ4n) is 1.49. The van der Waals surface area contributed by atoms with Crippen LogP contribution >= 0.6 is 11.6 Å². The highest BCUT2D eigenvalue weighted by molar-refractivity contribution is 6.30. The molecule has 0 unspecified atom stereocenters. The van der Waals surface area contributed by atoms with E-state index in [-0.39, 0.29) is 0 Å². The zero-order chi connectivity index (χ0) is 13.3. The fourth-order valence-corrected chi connectivity index (χ4v) is 1.66. The van der Waals surface area contributed by atoms with Crippen LogP contribution in [0.3, 0.4) is 0 Å². The van der Waals surface area contributed by atoms with Gasteiger partial charge in [-0.1, -0.05) is 31.5 Å². The topological polar surface area (TPSA) is 52.9 Å². The molecule has 1 heterocycles. The second-order valence-corrected chi connectivity index (χ2v) is 3.63. The molecule has 0 amide bonds. The maximum absolute atomic E-state index is 8.88. The van der Waals surface area contributed by atoms with E-state index in [1.165, 1.54) is 0 Å². The molecule has 0 bridgehead atoms. The first kappa shape index (κ1) is 15.6. The molecule has 1 fully saturated rings. The van der Waals surface area contributed by atoms with Crippen LogP contribution in [0.25, 0.3) is 0 Å². The summed E-state index contributed by atoms with van der Waals surface area (Å²) in [7, 11) is 0. The normalized spacial score (nSPS) is 13.1. The van der Waals surface area contributed by atoms with E-state index in [9.17, 15) is 0 Å². The standard InChI is InChI=1S/C10H9ClN2.C2H6.CH2O/c11-9-1-2-10(7(3-9)4-12)8-5-13-6-8;2*1-2/h1-3,8,13H,5-6H2;1-2H3;1H2. The molecule has 3 nitrogen and oxygen atoms in total. The summed E-state index contributed by atoms with van der Waals surface area (Å²) in [5, 5.41) is 12.7. The SMILES string of the molecule is C=O.CC.N#Cc1cc(Cl)ccc1C1CNC1. The molecule has 1 aliphatic heterocycles. The third-order valence-electron chi connectivity index (χ3n) is 2.36. The molecule has 2 rings (SSSR count). The van der Waals surface area contributed by atoms with E-state index in [0.717, 1.165) is 18.7 Å². The van der Waals surface area contributed by atoms with Crippen LogP contribution in [0.5, 0.6) is 0 Å². The lowest BCUT2D eigenvalue weighted by atomic mass is 9.90. The molecule has 4 heteroatoms. The minimum Gasteiger partial charge on any atom is -0.315 e. The lowest BCUT2D eigenvalue weighted by molar-refractivity contribution is -0.0979. The van der Waals surface area contributed by atoms with Crippen molar-refractivity contribution in [1.82, 2.24) is 5.32 Å². The molecule has 0 aliphatic carbocycles. The fraction of sp³-hybridized carbons (Fsp3) is 0.385. The van der Waals surface area contributed by atoms with E-state index in [0.29, 0.717) is 16.5 Å². The Kier molecular flexibility index (Phi) is 8.04. The van der Waals surface area contributed by atoms with Gasteiger partial charge in [-0.25, -0.2) is 0 Å². The van der Waals surface area contributed by atoms with Crippen molar-refractivity contribution in [1.29, 1.82) is 5.26 Å². The van der Waals surface area contributed by atoms with Crippen molar-refractivity contribution in [2.24, 2.45) is 0 Å². The largest absolute Gasteiger partial charge is 0.315 e. The number of benzene rings is 1. The molecular weight excluding hydrogens is 236 g/mol. The maximum atomic E-state index is 8.88. The molecule has 92 valence electrons. The summed E-state index contributed by atoms with van der Waals surface area (Å²) in [6, 6.07) is 7.70. The van der Waals surface area contributed by atoms with Crippen LogP contribution in [-0.2, 0) is 4.79 Å². The van der Waals surface area contributed by atoms with Crippen LogP contribution in [0.2, 0.25) is 5.02 Å². The Morgan fingerprint density at radius 3 is 2.41 bits per heavy atom. The van der Waals surface area contributed by atoms with Gasteiger partial charge in [0.25, 0.3) is 0 Å². The van der Waals surface area contributed by atoms with Gasteiger partial charge in [-0.2, -0.15) is 5.26 Å². The quantitative estimate of drug-likeness (QED) is 0.836. The van der Waals surface area contributed by atoms with E-state index >= 15 is 0 Å². The van der Waals surface area contributed by atoms with E-state index in [4.69, 9.17) is 21.7 Å². The van der Waals surface area contributed by atoms with E-state index in [2.05, 4.69) is 11.4 Å². The predicted molar refractivity (Wildman–Crippen MR) is 70.2 cm³/mol. The molecule has 17 heavy (non-hydrogen) atoms. The molecule has 0 atom stereocenters. The summed E-state index contributed by atoms with van der Waals surface area (Å²) in [4.78, 5) is 8.00. The van der Waals surface area contributed by atoms with E-state index in [1.54, 1.807) is 6.07 Å². The molecule has 1 aromatic carbocycles. The summed E-state index contributed by atoms with van der Waals surface area (Å²) in [5.41, 5.74) is 1.82. The molecule has 0 spiro atoms. The first-order chi connectivity index (χ1) is 8.31. The molecule has 1 N–H and O–H groups in total. The van der Waals surface area contributed by atoms with Gasteiger partial charge >= 0.3 is 0 Å². The number of nitriles is 1. The number of carbonyl (C=O) groups excluding carboxylic acids is 1. The zero-order valence-electron chi connectivity index (χ0n) is 10.2. The Labute approximate surface area is 107 Å². The Balaban J connectivity index is 0.000000581. The van der Waals surface area contributed by atoms with Crippen molar-refractivity contribution < 1.29 is 4.79 Å². The molecular formula is C13H17ClN2O. The smallest absolute Gasteiger partial charge is 0.106 e. The highest BCUT2D eigenvalue weighted by atomic mass is 35.5. The second kappa shape index (κ2) is 8.74. The summed E-state index contributed by atoms with van der Waals surface area (Å²) in [6.45, 7) is 7.94. The highest BCUT2D eigenvalue weighted by Crippen LogP contribution is 2.25. The van der Waals surface area contributed by atoms with Gasteiger partial charge in [0.2, 0.25) is 0 Å². The van der Waals surface area contributed by atoms with Crippen molar-refractivity contribution in [3.63, 3.8) is 0 Å². The average molecular weight is 253 g/mol. The number of hydrogen-bond donors (Lipinski definition) is 1. The van der Waals surface area contributed by atoms with Crippen LogP contribution in [0.1, 0.15) is 30.9 Å². The molecule has 0 saturated carbocycles. The summed E-state index contributed by atoms with van der Waals surface area (Å²) in [6.07, 6.45) is 0. The molecule has 1 aromatic rings. The Bertz CT molecular complexity index is 383. The number of halogens is 1. The van der Waals surface area contributed by atoms with Crippen molar-refractivity contribution in [3.8, 4) is 6.07 Å². The number of nitrogens with one attached hydrogen (secondary N) is 1. The number of hydrogen-bond acceptors (Lipinski definition) is 3. The highest BCUT2D eigenvalue weighted by Gasteiger charge is 2.21. The van der Waals surface area contributed by atoms with Crippen LogP contribution in [0, 0.1) is 11.3 Å². The Morgan fingerprint density at radius 2 is 2.00 bits per heavy atom. The van der Waals surface area contributed by atoms with Gasteiger partial charge in [-0.05, 0) is 17.7 Å². The first-order valence-electron chi connectivity index (χ1n) is 5.50. The van der Waals surface area contributed by atoms with Crippen LogP contribution < -0.4 is 5.32 Å². The third-order valence-corrected chi connectivity index (χ3v) is 2.59. The van der Waals surface area contributed by atoms with Gasteiger partial charge in [0.1, 0.15) is 6.79 Å². The number of rotatable bonds is 1. The monoisotopic (exact) mass is 252 g/mol. The van der Waals surface area contributed by atoms with Gasteiger partial charge in [0.15, 0.2) is 0 Å². The minimum atomic E-state index is 0.493. The van der Waals surface area contributed by atoms with Gasteiger partial charge in [-0.15, -0.1) is 0 Å². The lowest BCUT2D eigenvalue weighted by Gasteiger charge is -2.28. The number of carbonyl (C=O) groups is 1. The number of nitrogens with zero attached hydrogens (tertiary/aromatic N) is 1. The lowest BCUT2D eigenvalue weighted by Crippen LogP contribution is -2.40. The maximum Gasteiger partial charge on any atom is 0.106 e. The van der Waals surface area contributed by atoms with Crippen LogP contribution in [-0.4, -0.2) is 19.9 Å². The molecule has 0 aromatic heterocycles. The minimum absolute atomic E-state index is 0.493. The van der Waals surface area contributed by atoms with Gasteiger partial charge in [0.05, 0.1) is 11.6 Å². The van der Waals surface area contributed by atoms with Crippen molar-refractivity contribution in [3.05, 3.63) is 34.3 Å². The van der Waals surface area contributed by atoms with Gasteiger partial charge in [0, 0.05) is 24.0 Å². The summed E-state index contributed by atoms with van der Waals surface area (Å²) in [5.74, 6) is 0.493. The zero-order valence-corrected chi connectivity index (χ0v) is 10.9. The third kappa shape index (κ3) is 4.18. The summed E-state index contributed by atoms with van der Waals surface area (Å²) >= 11 is 5.79. The Hall–Kier alpha value is -1.37. The van der Waals surface area contributed by atoms with Crippen LogP contribution in [0.15, 0.2) is 18.2 Å². The van der Waals surface area contributed by atoms with E-state index < -0.39 is 0 Å².